The van der Waals surface area contributed by atoms with Gasteiger partial charge in [0.1, 0.15) is 17.1 Å². The van der Waals surface area contributed by atoms with Crippen LogP contribution in [0.1, 0.15) is 22.1 Å². The van der Waals surface area contributed by atoms with Crippen molar-refractivity contribution in [3.05, 3.63) is 82.4 Å². The lowest BCUT2D eigenvalue weighted by molar-refractivity contribution is 0.0729. The van der Waals surface area contributed by atoms with E-state index in [0.29, 0.717) is 28.8 Å². The molecule has 3 aromatic carbocycles. The van der Waals surface area contributed by atoms with Gasteiger partial charge in [-0.3, -0.25) is 0 Å². The summed E-state index contributed by atoms with van der Waals surface area (Å²) in [6.45, 7) is 1.79. The fraction of sp³-hybridized carbons (Fsp3) is 0.0952. The summed E-state index contributed by atoms with van der Waals surface area (Å²) in [5, 5.41) is 5.80. The van der Waals surface area contributed by atoms with Crippen LogP contribution >= 0.6 is 15.9 Å². The molecule has 0 amide bonds. The average Bonchev–Trinajstić information content (AvgIpc) is 3.12. The SMILES string of the molecule is Cc1nc(COc2ccccc2C(=O)Oc2ccc3cc(Br)ccc3c2)no1. The number of aromatic nitrogens is 2. The highest BCUT2D eigenvalue weighted by molar-refractivity contribution is 9.10. The number of halogens is 1. The highest BCUT2D eigenvalue weighted by Crippen LogP contribution is 2.26. The van der Waals surface area contributed by atoms with E-state index in [1.54, 1.807) is 37.3 Å². The van der Waals surface area contributed by atoms with Gasteiger partial charge in [-0.25, -0.2) is 4.79 Å². The lowest BCUT2D eigenvalue weighted by Gasteiger charge is -2.10. The summed E-state index contributed by atoms with van der Waals surface area (Å²) in [5.74, 6) is 1.20. The van der Waals surface area contributed by atoms with Crippen molar-refractivity contribution in [1.29, 1.82) is 0 Å². The number of rotatable bonds is 5. The van der Waals surface area contributed by atoms with E-state index in [1.807, 2.05) is 30.3 Å². The van der Waals surface area contributed by atoms with E-state index in [-0.39, 0.29) is 6.61 Å². The van der Waals surface area contributed by atoms with E-state index in [9.17, 15) is 4.79 Å². The fourth-order valence-corrected chi connectivity index (χ4v) is 3.10. The second kappa shape index (κ2) is 7.82. The van der Waals surface area contributed by atoms with Crippen LogP contribution in [0.4, 0.5) is 0 Å². The van der Waals surface area contributed by atoms with Gasteiger partial charge >= 0.3 is 5.97 Å². The van der Waals surface area contributed by atoms with Gasteiger partial charge < -0.3 is 14.0 Å². The molecule has 0 spiro atoms. The summed E-state index contributed by atoms with van der Waals surface area (Å²) >= 11 is 3.45. The van der Waals surface area contributed by atoms with Crippen molar-refractivity contribution in [3.63, 3.8) is 0 Å². The van der Waals surface area contributed by atoms with Gasteiger partial charge in [0.2, 0.25) is 11.7 Å². The van der Waals surface area contributed by atoms with Gasteiger partial charge in [0.25, 0.3) is 0 Å². The number of aryl methyl sites for hydroxylation is 1. The molecule has 6 nitrogen and oxygen atoms in total. The molecule has 0 aliphatic carbocycles. The van der Waals surface area contributed by atoms with Crippen LogP contribution in [0.3, 0.4) is 0 Å². The van der Waals surface area contributed by atoms with E-state index in [2.05, 4.69) is 26.1 Å². The van der Waals surface area contributed by atoms with Crippen molar-refractivity contribution in [3.8, 4) is 11.5 Å². The second-order valence-electron chi connectivity index (χ2n) is 6.06. The first-order chi connectivity index (χ1) is 13.6. The van der Waals surface area contributed by atoms with Gasteiger partial charge in [-0.1, -0.05) is 45.4 Å². The van der Waals surface area contributed by atoms with Gasteiger partial charge in [-0.15, -0.1) is 0 Å². The summed E-state index contributed by atoms with van der Waals surface area (Å²) in [6.07, 6.45) is 0. The minimum Gasteiger partial charge on any atom is -0.485 e. The molecule has 0 aliphatic heterocycles. The minimum absolute atomic E-state index is 0.0898. The number of hydrogen-bond donors (Lipinski definition) is 0. The number of ether oxygens (including phenoxy) is 2. The Bertz CT molecular complexity index is 1160. The largest absolute Gasteiger partial charge is 0.485 e. The molecule has 4 aromatic rings. The van der Waals surface area contributed by atoms with Crippen LogP contribution in [0.15, 0.2) is 69.7 Å². The summed E-state index contributed by atoms with van der Waals surface area (Å²) in [4.78, 5) is 16.8. The number of fused-ring (bicyclic) bond motifs is 1. The summed E-state index contributed by atoms with van der Waals surface area (Å²) in [6, 6.07) is 18.3. The normalized spacial score (nSPS) is 10.8. The predicted molar refractivity (Wildman–Crippen MR) is 106 cm³/mol. The van der Waals surface area contributed by atoms with Gasteiger partial charge in [0, 0.05) is 11.4 Å². The highest BCUT2D eigenvalue weighted by Gasteiger charge is 2.16. The zero-order valence-corrected chi connectivity index (χ0v) is 16.5. The van der Waals surface area contributed by atoms with Crippen molar-refractivity contribution in [1.82, 2.24) is 10.1 Å². The van der Waals surface area contributed by atoms with Crippen LogP contribution in [0.5, 0.6) is 11.5 Å². The molecule has 28 heavy (non-hydrogen) atoms. The number of nitrogens with zero attached hydrogens (tertiary/aromatic N) is 2. The molecule has 0 N–H and O–H groups in total. The van der Waals surface area contributed by atoms with E-state index < -0.39 is 5.97 Å². The van der Waals surface area contributed by atoms with E-state index in [4.69, 9.17) is 14.0 Å². The van der Waals surface area contributed by atoms with Gasteiger partial charge in [0.05, 0.1) is 0 Å². The smallest absolute Gasteiger partial charge is 0.347 e. The Morgan fingerprint density at radius 2 is 1.86 bits per heavy atom. The third kappa shape index (κ3) is 4.04. The average molecular weight is 439 g/mol. The number of para-hydroxylation sites is 1. The quantitative estimate of drug-likeness (QED) is 0.319. The van der Waals surface area contributed by atoms with Gasteiger partial charge in [-0.2, -0.15) is 4.98 Å². The molecule has 1 heterocycles. The number of benzene rings is 3. The molecule has 0 saturated heterocycles. The number of esters is 1. The van der Waals surface area contributed by atoms with E-state index in [1.165, 1.54) is 0 Å². The number of hydrogen-bond acceptors (Lipinski definition) is 6. The lowest BCUT2D eigenvalue weighted by atomic mass is 10.1. The number of carbonyl (C=O) groups is 1. The molecule has 0 fully saturated rings. The third-order valence-electron chi connectivity index (χ3n) is 4.02. The standard InChI is InChI=1S/C21H15BrN2O4/c1-13-23-20(24-28-13)12-26-19-5-3-2-4-18(19)21(25)27-17-9-7-14-10-16(22)8-6-15(14)11-17/h2-11H,12H2,1H3. The molecule has 7 heteroatoms. The zero-order chi connectivity index (χ0) is 19.5. The van der Waals surface area contributed by atoms with Gasteiger partial charge in [0.15, 0.2) is 6.61 Å². The van der Waals surface area contributed by atoms with Crippen LogP contribution in [0.25, 0.3) is 10.8 Å². The monoisotopic (exact) mass is 438 g/mol. The van der Waals surface area contributed by atoms with Crippen molar-refractivity contribution in [2.75, 3.05) is 0 Å². The second-order valence-corrected chi connectivity index (χ2v) is 6.97. The topological polar surface area (TPSA) is 74.5 Å². The maximum absolute atomic E-state index is 12.7. The molecule has 140 valence electrons. The number of carbonyl (C=O) groups excluding carboxylic acids is 1. The molecular formula is C21H15BrN2O4. The first-order valence-corrected chi connectivity index (χ1v) is 9.30. The van der Waals surface area contributed by atoms with Crippen molar-refractivity contribution in [2.24, 2.45) is 0 Å². The van der Waals surface area contributed by atoms with Crippen LogP contribution in [-0.2, 0) is 6.61 Å². The Morgan fingerprint density at radius 3 is 2.68 bits per heavy atom. The lowest BCUT2D eigenvalue weighted by Crippen LogP contribution is -2.11. The molecule has 0 aliphatic rings. The van der Waals surface area contributed by atoms with Crippen molar-refractivity contribution < 1.29 is 18.8 Å². The zero-order valence-electron chi connectivity index (χ0n) is 14.9. The van der Waals surface area contributed by atoms with Crippen LogP contribution in [0.2, 0.25) is 0 Å². The van der Waals surface area contributed by atoms with E-state index in [0.717, 1.165) is 15.2 Å². The molecule has 0 saturated carbocycles. The molecule has 0 unspecified atom stereocenters. The fourth-order valence-electron chi connectivity index (χ4n) is 2.72. The molecule has 1 aromatic heterocycles. The summed E-state index contributed by atoms with van der Waals surface area (Å²) < 4.78 is 17.2. The maximum Gasteiger partial charge on any atom is 0.347 e. The Morgan fingerprint density at radius 1 is 1.07 bits per heavy atom. The van der Waals surface area contributed by atoms with Crippen molar-refractivity contribution >= 4 is 32.7 Å². The van der Waals surface area contributed by atoms with Crippen LogP contribution in [0, 0.1) is 6.92 Å². The first-order valence-electron chi connectivity index (χ1n) is 8.51. The van der Waals surface area contributed by atoms with Crippen LogP contribution in [-0.4, -0.2) is 16.1 Å². The Hall–Kier alpha value is -3.19. The molecule has 0 radical (unpaired) electrons. The Balaban J connectivity index is 1.52. The van der Waals surface area contributed by atoms with E-state index >= 15 is 0 Å². The summed E-state index contributed by atoms with van der Waals surface area (Å²) in [5.41, 5.74) is 0.318. The molecule has 0 atom stereocenters. The van der Waals surface area contributed by atoms with Crippen LogP contribution < -0.4 is 9.47 Å². The van der Waals surface area contributed by atoms with Gasteiger partial charge in [-0.05, 0) is 47.2 Å². The Kier molecular flexibility index (Phi) is 5.08. The maximum atomic E-state index is 12.7. The Labute approximate surface area is 169 Å². The first kappa shape index (κ1) is 18.2. The molecule has 0 bridgehead atoms. The minimum atomic E-state index is -0.503. The third-order valence-corrected chi connectivity index (χ3v) is 4.51. The molecular weight excluding hydrogens is 424 g/mol. The van der Waals surface area contributed by atoms with Crippen molar-refractivity contribution in [2.45, 2.75) is 13.5 Å². The predicted octanol–water partition coefficient (Wildman–Crippen LogP) is 5.09. The summed E-state index contributed by atoms with van der Waals surface area (Å²) in [7, 11) is 0. The molecule has 4 rings (SSSR count). The highest BCUT2D eigenvalue weighted by atomic mass is 79.9.